The van der Waals surface area contributed by atoms with Crippen molar-refractivity contribution in [2.45, 2.75) is 49.0 Å². The molecule has 0 saturated heterocycles. The van der Waals surface area contributed by atoms with Gasteiger partial charge in [0.2, 0.25) is 15.9 Å². The average molecular weight is 474 g/mol. The molecule has 1 unspecified atom stereocenters. The maximum absolute atomic E-state index is 12.7. The molecule has 0 aliphatic heterocycles. The Kier molecular flexibility index (Phi) is 6.82. The zero-order valence-electron chi connectivity index (χ0n) is 19.0. The second kappa shape index (κ2) is 9.80. The molecule has 1 atom stereocenters. The molecule has 3 aromatic carbocycles. The number of amides is 1. The van der Waals surface area contributed by atoms with Crippen molar-refractivity contribution in [2.75, 3.05) is 5.32 Å². The fourth-order valence-corrected chi connectivity index (χ4v) is 5.12. The Morgan fingerprint density at radius 2 is 1.65 bits per heavy atom. The van der Waals surface area contributed by atoms with E-state index in [1.807, 2.05) is 54.6 Å². The van der Waals surface area contributed by atoms with E-state index in [1.54, 1.807) is 31.2 Å². The Hall–Kier alpha value is -3.47. The van der Waals surface area contributed by atoms with Gasteiger partial charge in [0, 0.05) is 18.2 Å². The predicted molar refractivity (Wildman–Crippen MR) is 132 cm³/mol. The fourth-order valence-electron chi connectivity index (χ4n) is 3.89. The van der Waals surface area contributed by atoms with Gasteiger partial charge in [-0.15, -0.1) is 0 Å². The summed E-state index contributed by atoms with van der Waals surface area (Å²) in [4.78, 5) is 12.5. The Bertz CT molecular complexity index is 1290. The number of nitriles is 1. The van der Waals surface area contributed by atoms with Crippen molar-refractivity contribution in [3.05, 3.63) is 95.6 Å². The van der Waals surface area contributed by atoms with Crippen LogP contribution in [0, 0.1) is 11.3 Å². The van der Waals surface area contributed by atoms with Crippen LogP contribution in [0.5, 0.6) is 0 Å². The van der Waals surface area contributed by atoms with Gasteiger partial charge in [-0.1, -0.05) is 54.6 Å². The van der Waals surface area contributed by atoms with Crippen molar-refractivity contribution in [2.24, 2.45) is 0 Å². The minimum atomic E-state index is -3.66. The lowest BCUT2D eigenvalue weighted by atomic mass is 9.98. The maximum Gasteiger partial charge on any atom is 0.241 e. The molecule has 3 aromatic rings. The number of anilines is 1. The zero-order chi connectivity index (χ0) is 24.2. The summed E-state index contributed by atoms with van der Waals surface area (Å²) in [6.45, 7) is 1.81. The lowest BCUT2D eigenvalue weighted by molar-refractivity contribution is -0.116. The third kappa shape index (κ3) is 5.53. The SMILES string of the molecule is CC(NS(=O)(=O)c1ccc(CCC(=O)Nc2ccc(C3(C#N)CC3)cc2)cc1)c1ccccc1. The van der Waals surface area contributed by atoms with Crippen molar-refractivity contribution in [1.82, 2.24) is 4.72 Å². The third-order valence-corrected chi connectivity index (χ3v) is 7.75. The molecule has 1 aliphatic rings. The highest BCUT2D eigenvalue weighted by Gasteiger charge is 2.44. The lowest BCUT2D eigenvalue weighted by Crippen LogP contribution is -2.26. The quantitative estimate of drug-likeness (QED) is 0.464. The Morgan fingerprint density at radius 3 is 2.24 bits per heavy atom. The zero-order valence-corrected chi connectivity index (χ0v) is 19.8. The molecule has 0 radical (unpaired) electrons. The van der Waals surface area contributed by atoms with Crippen molar-refractivity contribution < 1.29 is 13.2 Å². The van der Waals surface area contributed by atoms with Crippen LogP contribution in [0.2, 0.25) is 0 Å². The number of hydrogen-bond donors (Lipinski definition) is 2. The van der Waals surface area contributed by atoms with Gasteiger partial charge in [0.15, 0.2) is 0 Å². The van der Waals surface area contributed by atoms with E-state index in [9.17, 15) is 18.5 Å². The summed E-state index contributed by atoms with van der Waals surface area (Å²) in [7, 11) is -3.66. The van der Waals surface area contributed by atoms with Gasteiger partial charge in [0.1, 0.15) is 0 Å². The maximum atomic E-state index is 12.7. The van der Waals surface area contributed by atoms with E-state index >= 15 is 0 Å². The number of carbonyl (C=O) groups is 1. The summed E-state index contributed by atoms with van der Waals surface area (Å²) in [5.41, 5.74) is 3.13. The van der Waals surface area contributed by atoms with Gasteiger partial charge in [-0.3, -0.25) is 4.79 Å². The van der Waals surface area contributed by atoms with Gasteiger partial charge in [0.25, 0.3) is 0 Å². The van der Waals surface area contributed by atoms with Gasteiger partial charge < -0.3 is 5.32 Å². The second-order valence-electron chi connectivity index (χ2n) is 8.72. The Labute approximate surface area is 200 Å². The first-order chi connectivity index (χ1) is 16.3. The predicted octanol–water partition coefficient (Wildman–Crippen LogP) is 4.85. The van der Waals surface area contributed by atoms with Crippen LogP contribution >= 0.6 is 0 Å². The number of nitrogens with one attached hydrogen (secondary N) is 2. The van der Waals surface area contributed by atoms with Crippen LogP contribution in [0.4, 0.5) is 5.69 Å². The molecular formula is C27H27N3O3S. The molecule has 174 valence electrons. The first kappa shape index (κ1) is 23.7. The van der Waals surface area contributed by atoms with Gasteiger partial charge in [-0.25, -0.2) is 13.1 Å². The van der Waals surface area contributed by atoms with E-state index in [4.69, 9.17) is 0 Å². The number of aryl methyl sites for hydroxylation is 1. The molecule has 0 spiro atoms. The summed E-state index contributed by atoms with van der Waals surface area (Å²) in [6.07, 6.45) is 2.55. The molecule has 0 aromatic heterocycles. The molecule has 6 nitrogen and oxygen atoms in total. The molecule has 1 aliphatic carbocycles. The highest BCUT2D eigenvalue weighted by Crippen LogP contribution is 2.47. The molecule has 34 heavy (non-hydrogen) atoms. The first-order valence-electron chi connectivity index (χ1n) is 11.3. The van der Waals surface area contributed by atoms with Crippen LogP contribution in [-0.4, -0.2) is 14.3 Å². The summed E-state index contributed by atoms with van der Waals surface area (Å²) >= 11 is 0. The van der Waals surface area contributed by atoms with Crippen molar-refractivity contribution >= 4 is 21.6 Å². The van der Waals surface area contributed by atoms with Crippen LogP contribution < -0.4 is 10.0 Å². The van der Waals surface area contributed by atoms with Gasteiger partial charge >= 0.3 is 0 Å². The molecule has 2 N–H and O–H groups in total. The molecule has 1 amide bonds. The average Bonchev–Trinajstić information content (AvgIpc) is 3.65. The van der Waals surface area contributed by atoms with E-state index < -0.39 is 10.0 Å². The summed E-state index contributed by atoms with van der Waals surface area (Å²) < 4.78 is 28.1. The number of nitrogens with zero attached hydrogens (tertiary/aromatic N) is 1. The fraction of sp³-hybridized carbons (Fsp3) is 0.259. The molecule has 1 saturated carbocycles. The number of rotatable bonds is 9. The first-order valence-corrected chi connectivity index (χ1v) is 12.8. The van der Waals surface area contributed by atoms with Crippen LogP contribution in [0.3, 0.4) is 0 Å². The summed E-state index contributed by atoms with van der Waals surface area (Å²) in [5.74, 6) is -0.121. The van der Waals surface area contributed by atoms with Gasteiger partial charge in [0.05, 0.1) is 16.4 Å². The lowest BCUT2D eigenvalue weighted by Gasteiger charge is -2.15. The van der Waals surface area contributed by atoms with E-state index in [0.717, 1.165) is 29.5 Å². The van der Waals surface area contributed by atoms with Gasteiger partial charge in [-0.2, -0.15) is 5.26 Å². The van der Waals surface area contributed by atoms with E-state index in [1.165, 1.54) is 0 Å². The normalized spacial score (nSPS) is 15.2. The van der Waals surface area contributed by atoms with Crippen molar-refractivity contribution in [3.8, 4) is 6.07 Å². The molecule has 0 bridgehead atoms. The summed E-state index contributed by atoms with van der Waals surface area (Å²) in [5, 5.41) is 12.2. The molecule has 4 rings (SSSR count). The van der Waals surface area contributed by atoms with Crippen LogP contribution in [0.15, 0.2) is 83.8 Å². The van der Waals surface area contributed by atoms with E-state index in [2.05, 4.69) is 16.1 Å². The van der Waals surface area contributed by atoms with Crippen LogP contribution in [0.1, 0.15) is 48.9 Å². The monoisotopic (exact) mass is 473 g/mol. The minimum Gasteiger partial charge on any atom is -0.326 e. The standard InChI is InChI=1S/C27H27N3O3S/c1-20(22-5-3-2-4-6-22)30-34(32,33)25-14-7-21(8-15-25)9-16-26(31)29-24-12-10-23(11-13-24)27(19-28)17-18-27/h2-8,10-15,20,30H,9,16-18H2,1H3,(H,29,31). The Morgan fingerprint density at radius 1 is 1.00 bits per heavy atom. The van der Waals surface area contributed by atoms with Crippen molar-refractivity contribution in [1.29, 1.82) is 5.26 Å². The van der Waals surface area contributed by atoms with Gasteiger partial charge in [-0.05, 0) is 67.1 Å². The summed E-state index contributed by atoms with van der Waals surface area (Å²) in [6, 6.07) is 25.5. The molecule has 7 heteroatoms. The second-order valence-corrected chi connectivity index (χ2v) is 10.4. The van der Waals surface area contributed by atoms with Crippen LogP contribution in [-0.2, 0) is 26.7 Å². The molecule has 0 heterocycles. The number of carbonyl (C=O) groups excluding carboxylic acids is 1. The Balaban J connectivity index is 1.29. The topological polar surface area (TPSA) is 99.1 Å². The third-order valence-electron chi connectivity index (χ3n) is 6.19. The number of hydrogen-bond acceptors (Lipinski definition) is 4. The smallest absolute Gasteiger partial charge is 0.241 e. The number of sulfonamides is 1. The molecule has 1 fully saturated rings. The van der Waals surface area contributed by atoms with Crippen LogP contribution in [0.25, 0.3) is 0 Å². The van der Waals surface area contributed by atoms with E-state index in [0.29, 0.717) is 12.1 Å². The molecular weight excluding hydrogens is 446 g/mol. The highest BCUT2D eigenvalue weighted by molar-refractivity contribution is 7.89. The largest absolute Gasteiger partial charge is 0.326 e. The van der Waals surface area contributed by atoms with E-state index in [-0.39, 0.29) is 28.7 Å². The minimum absolute atomic E-state index is 0.121. The number of benzene rings is 3. The van der Waals surface area contributed by atoms with Crippen molar-refractivity contribution in [3.63, 3.8) is 0 Å². The highest BCUT2D eigenvalue weighted by atomic mass is 32.2.